The van der Waals surface area contributed by atoms with Gasteiger partial charge in [0.2, 0.25) is 21.9 Å². The van der Waals surface area contributed by atoms with Gasteiger partial charge < -0.3 is 19.7 Å². The highest BCUT2D eigenvalue weighted by Crippen LogP contribution is 2.42. The van der Waals surface area contributed by atoms with Gasteiger partial charge in [0.15, 0.2) is 11.6 Å². The van der Waals surface area contributed by atoms with Gasteiger partial charge in [0.25, 0.3) is 0 Å². The van der Waals surface area contributed by atoms with Crippen LogP contribution >= 0.6 is 0 Å². The van der Waals surface area contributed by atoms with Gasteiger partial charge in [-0.25, -0.2) is 32.6 Å². The molecule has 2 aromatic carbocycles. The number of hydrogen-bond donors (Lipinski definition) is 2. The van der Waals surface area contributed by atoms with E-state index in [-0.39, 0.29) is 34.0 Å². The van der Waals surface area contributed by atoms with E-state index in [9.17, 15) is 26.4 Å². The Balaban J connectivity index is 1.43. The fraction of sp³-hybridized carbons (Fsp3) is 0.375. The van der Waals surface area contributed by atoms with E-state index >= 15 is 4.39 Å². The van der Waals surface area contributed by atoms with Crippen LogP contribution in [0.2, 0.25) is 0 Å². The number of rotatable bonds is 8. The van der Waals surface area contributed by atoms with Crippen LogP contribution in [0, 0.1) is 12.7 Å². The SMILES string of the molecule is Cc1c(F)c(NS(=O)(=O)CC(F)(F)F)c2ccccc2c1Oc1ncccc1-c1ccnc(N[C@H]2CCCN(C(=O)OC(C)(C)C)C2)n1. The molecule has 2 aromatic heterocycles. The molecular weight excluding hydrogens is 656 g/mol. The van der Waals surface area contributed by atoms with Gasteiger partial charge in [-0.05, 0) is 58.7 Å². The Morgan fingerprint density at radius 3 is 2.48 bits per heavy atom. The largest absolute Gasteiger partial charge is 0.444 e. The maximum atomic E-state index is 15.7. The molecular formula is C32H34F4N6O5S. The Labute approximate surface area is 274 Å². The number of amides is 1. The van der Waals surface area contributed by atoms with Crippen molar-refractivity contribution in [3.8, 4) is 22.9 Å². The van der Waals surface area contributed by atoms with E-state index in [0.29, 0.717) is 30.3 Å². The summed E-state index contributed by atoms with van der Waals surface area (Å²) < 4.78 is 92.4. The number of aromatic nitrogens is 3. The summed E-state index contributed by atoms with van der Waals surface area (Å²) in [6, 6.07) is 10.8. The molecule has 1 saturated heterocycles. The van der Waals surface area contributed by atoms with Crippen molar-refractivity contribution in [3.05, 3.63) is 66.2 Å². The van der Waals surface area contributed by atoms with Crippen LogP contribution in [0.1, 0.15) is 39.2 Å². The number of fused-ring (bicyclic) bond motifs is 1. The predicted molar refractivity (Wildman–Crippen MR) is 172 cm³/mol. The average molecular weight is 691 g/mol. The number of anilines is 2. The van der Waals surface area contributed by atoms with Crippen molar-refractivity contribution in [2.45, 2.75) is 58.4 Å². The average Bonchev–Trinajstić information content (AvgIpc) is 3.00. The van der Waals surface area contributed by atoms with E-state index in [1.807, 2.05) is 20.8 Å². The van der Waals surface area contributed by atoms with Gasteiger partial charge in [-0.3, -0.25) is 4.72 Å². The number of hydrogen-bond acceptors (Lipinski definition) is 9. The molecule has 5 rings (SSSR count). The fourth-order valence-electron chi connectivity index (χ4n) is 5.26. The van der Waals surface area contributed by atoms with Gasteiger partial charge >= 0.3 is 12.3 Å². The van der Waals surface area contributed by atoms with Crippen molar-refractivity contribution >= 4 is 38.5 Å². The first-order valence-electron chi connectivity index (χ1n) is 15.0. The molecule has 1 aliphatic rings. The minimum atomic E-state index is -5.03. The van der Waals surface area contributed by atoms with Crippen LogP contribution in [0.15, 0.2) is 54.9 Å². The number of carbonyl (C=O) groups is 1. The Hall–Kier alpha value is -4.73. The summed E-state index contributed by atoms with van der Waals surface area (Å²) in [5.41, 5.74) is -0.576. The molecule has 0 bridgehead atoms. The molecule has 2 N–H and O–H groups in total. The minimum Gasteiger partial charge on any atom is -0.444 e. The van der Waals surface area contributed by atoms with Crippen LogP contribution in [0.5, 0.6) is 11.6 Å². The Kier molecular flexibility index (Phi) is 9.67. The number of halogens is 4. The first kappa shape index (κ1) is 34.6. The second kappa shape index (κ2) is 13.4. The van der Waals surface area contributed by atoms with Crippen LogP contribution < -0.4 is 14.8 Å². The number of alkyl halides is 3. The van der Waals surface area contributed by atoms with Gasteiger partial charge in [0.1, 0.15) is 11.4 Å². The van der Waals surface area contributed by atoms with E-state index in [4.69, 9.17) is 9.47 Å². The van der Waals surface area contributed by atoms with E-state index in [1.165, 1.54) is 37.5 Å². The van der Waals surface area contributed by atoms with E-state index in [0.717, 1.165) is 12.8 Å². The number of pyridine rings is 1. The van der Waals surface area contributed by atoms with Crippen molar-refractivity contribution in [2.75, 3.05) is 28.9 Å². The predicted octanol–water partition coefficient (Wildman–Crippen LogP) is 7.05. The van der Waals surface area contributed by atoms with Gasteiger partial charge in [0.05, 0.1) is 16.9 Å². The molecule has 256 valence electrons. The lowest BCUT2D eigenvalue weighted by molar-refractivity contribution is -0.106. The molecule has 0 saturated carbocycles. The lowest BCUT2D eigenvalue weighted by atomic mass is 10.0. The van der Waals surface area contributed by atoms with E-state index < -0.39 is 45.2 Å². The molecule has 48 heavy (non-hydrogen) atoms. The summed E-state index contributed by atoms with van der Waals surface area (Å²) in [7, 11) is -4.98. The third-order valence-electron chi connectivity index (χ3n) is 7.25. The first-order valence-corrected chi connectivity index (χ1v) is 16.6. The summed E-state index contributed by atoms with van der Waals surface area (Å²) in [6.07, 6.45) is -0.902. The smallest absolute Gasteiger partial charge is 0.410 e. The molecule has 1 amide bonds. The van der Waals surface area contributed by atoms with Crippen molar-refractivity contribution in [2.24, 2.45) is 0 Å². The van der Waals surface area contributed by atoms with Crippen LogP contribution in [-0.4, -0.2) is 71.0 Å². The number of likely N-dealkylation sites (tertiary alicyclic amines) is 1. The highest BCUT2D eigenvalue weighted by atomic mass is 32.2. The highest BCUT2D eigenvalue weighted by molar-refractivity contribution is 7.92. The second-order valence-electron chi connectivity index (χ2n) is 12.3. The number of carbonyl (C=O) groups excluding carboxylic acids is 1. The maximum absolute atomic E-state index is 15.7. The molecule has 3 heterocycles. The summed E-state index contributed by atoms with van der Waals surface area (Å²) in [5, 5.41) is 3.50. The minimum absolute atomic E-state index is 0.0136. The summed E-state index contributed by atoms with van der Waals surface area (Å²) >= 11 is 0. The third kappa shape index (κ3) is 8.40. The number of nitrogens with zero attached hydrogens (tertiary/aromatic N) is 4. The number of piperidine rings is 1. The quantitative estimate of drug-likeness (QED) is 0.187. The number of ether oxygens (including phenoxy) is 2. The first-order chi connectivity index (χ1) is 22.5. The van der Waals surface area contributed by atoms with Gasteiger partial charge in [-0.1, -0.05) is 24.3 Å². The zero-order valence-electron chi connectivity index (χ0n) is 26.6. The molecule has 0 radical (unpaired) electrons. The van der Waals surface area contributed by atoms with E-state index in [1.54, 1.807) is 33.9 Å². The van der Waals surface area contributed by atoms with Crippen molar-refractivity contribution < 1.29 is 40.2 Å². The third-order valence-corrected chi connectivity index (χ3v) is 8.47. The zero-order valence-corrected chi connectivity index (χ0v) is 27.4. The second-order valence-corrected chi connectivity index (χ2v) is 14.0. The lowest BCUT2D eigenvalue weighted by Crippen LogP contribution is -2.47. The fourth-order valence-corrected chi connectivity index (χ4v) is 6.27. The Morgan fingerprint density at radius 1 is 1.04 bits per heavy atom. The van der Waals surface area contributed by atoms with Crippen molar-refractivity contribution in [1.29, 1.82) is 0 Å². The molecule has 16 heteroatoms. The van der Waals surface area contributed by atoms with Crippen molar-refractivity contribution in [1.82, 2.24) is 19.9 Å². The summed E-state index contributed by atoms with van der Waals surface area (Å²) in [5.74, 6) is -2.97. The Morgan fingerprint density at radius 2 is 1.77 bits per heavy atom. The molecule has 0 spiro atoms. The monoisotopic (exact) mass is 690 g/mol. The number of nitrogens with one attached hydrogen (secondary N) is 2. The van der Waals surface area contributed by atoms with Gasteiger partial charge in [-0.2, -0.15) is 13.2 Å². The Bertz CT molecular complexity index is 1930. The van der Waals surface area contributed by atoms with Gasteiger partial charge in [0, 0.05) is 47.9 Å². The zero-order chi connectivity index (χ0) is 34.9. The number of benzene rings is 2. The summed E-state index contributed by atoms with van der Waals surface area (Å²) in [4.78, 5) is 27.6. The topological polar surface area (TPSA) is 136 Å². The van der Waals surface area contributed by atoms with Crippen LogP contribution in [-0.2, 0) is 14.8 Å². The molecule has 1 atom stereocenters. The molecule has 0 aliphatic carbocycles. The van der Waals surface area contributed by atoms with Crippen LogP contribution in [0.3, 0.4) is 0 Å². The van der Waals surface area contributed by atoms with Gasteiger partial charge in [-0.15, -0.1) is 0 Å². The van der Waals surface area contributed by atoms with E-state index in [2.05, 4.69) is 20.3 Å². The highest BCUT2D eigenvalue weighted by Gasteiger charge is 2.36. The molecule has 0 unspecified atom stereocenters. The molecule has 4 aromatic rings. The molecule has 1 fully saturated rings. The maximum Gasteiger partial charge on any atom is 0.410 e. The summed E-state index contributed by atoms with van der Waals surface area (Å²) in [6.45, 7) is 7.70. The standard InChI is InChI=1S/C32H34F4N6O5S/c1-19-25(33)26(41-48(44,45)18-32(34,35)36)21-10-5-6-11-22(21)27(19)46-28-23(12-7-14-37-28)24-13-15-38-29(40-24)39-20-9-8-16-42(17-20)30(43)47-31(2,3)4/h5-7,10-15,20,41H,8-9,16-18H2,1-4H3,(H,38,39,40)/t20-/m0/s1. The van der Waals surface area contributed by atoms with Crippen LogP contribution in [0.4, 0.5) is 34.0 Å². The number of sulfonamides is 1. The molecule has 1 aliphatic heterocycles. The van der Waals surface area contributed by atoms with Crippen LogP contribution in [0.25, 0.3) is 22.0 Å². The lowest BCUT2D eigenvalue weighted by Gasteiger charge is -2.34. The normalized spacial score (nSPS) is 15.7. The van der Waals surface area contributed by atoms with Crippen molar-refractivity contribution in [3.63, 3.8) is 0 Å². The molecule has 11 nitrogen and oxygen atoms in total.